The molecule has 168 valence electrons. The van der Waals surface area contributed by atoms with Gasteiger partial charge in [-0.25, -0.2) is 4.98 Å². The highest BCUT2D eigenvalue weighted by atomic mass is 35.5. The molecule has 0 radical (unpaired) electrons. The highest BCUT2D eigenvalue weighted by Gasteiger charge is 2.30. The number of amides is 2. The van der Waals surface area contributed by atoms with Crippen LogP contribution in [0.1, 0.15) is 27.2 Å². The van der Waals surface area contributed by atoms with Crippen molar-refractivity contribution in [2.75, 3.05) is 11.9 Å². The number of benzene rings is 2. The molecule has 0 bridgehead atoms. The summed E-state index contributed by atoms with van der Waals surface area (Å²) in [6.07, 6.45) is -4.46. The van der Waals surface area contributed by atoms with Gasteiger partial charge in [-0.2, -0.15) is 13.2 Å². The van der Waals surface area contributed by atoms with Gasteiger partial charge in [0.1, 0.15) is 5.69 Å². The molecule has 3 N–H and O–H groups in total. The van der Waals surface area contributed by atoms with Crippen molar-refractivity contribution in [2.45, 2.75) is 19.6 Å². The number of thiazole rings is 1. The number of nitrogens with zero attached hydrogens (tertiary/aromatic N) is 1. The van der Waals surface area contributed by atoms with Gasteiger partial charge in [-0.05, 0) is 42.3 Å². The second-order valence-electron chi connectivity index (χ2n) is 6.78. The topological polar surface area (TPSA) is 83.1 Å². The van der Waals surface area contributed by atoms with E-state index in [4.69, 9.17) is 11.6 Å². The molecular formula is C21H18ClF3N4O2S. The lowest BCUT2D eigenvalue weighted by molar-refractivity contribution is -0.137. The van der Waals surface area contributed by atoms with Crippen LogP contribution in [0.5, 0.6) is 0 Å². The summed E-state index contributed by atoms with van der Waals surface area (Å²) in [5.74, 6) is -1.09. The zero-order valence-electron chi connectivity index (χ0n) is 16.7. The summed E-state index contributed by atoms with van der Waals surface area (Å²) >= 11 is 7.21. The third kappa shape index (κ3) is 6.44. The van der Waals surface area contributed by atoms with Crippen molar-refractivity contribution >= 4 is 45.6 Å². The van der Waals surface area contributed by atoms with Crippen LogP contribution in [0.25, 0.3) is 0 Å². The second-order valence-corrected chi connectivity index (χ2v) is 8.07. The number of nitrogens with one attached hydrogen (secondary N) is 3. The molecule has 0 fully saturated rings. The van der Waals surface area contributed by atoms with Crippen LogP contribution in [0.15, 0.2) is 47.8 Å². The Bertz CT molecular complexity index is 1130. The normalized spacial score (nSPS) is 11.2. The average Bonchev–Trinajstić information content (AvgIpc) is 3.21. The summed E-state index contributed by atoms with van der Waals surface area (Å²) < 4.78 is 38.2. The van der Waals surface area contributed by atoms with Crippen LogP contribution in [0.4, 0.5) is 24.0 Å². The molecule has 1 aromatic heterocycles. The summed E-state index contributed by atoms with van der Waals surface area (Å²) in [6.45, 7) is 1.46. The summed E-state index contributed by atoms with van der Waals surface area (Å²) in [5, 5.41) is 10.6. The molecule has 2 aromatic carbocycles. The number of aryl methyl sites for hydroxylation is 1. The molecule has 3 aromatic rings. The maximum absolute atomic E-state index is 12.7. The molecule has 6 nitrogen and oxygen atoms in total. The van der Waals surface area contributed by atoms with Crippen LogP contribution in [-0.2, 0) is 17.5 Å². The third-order valence-electron chi connectivity index (χ3n) is 4.33. The van der Waals surface area contributed by atoms with E-state index in [1.807, 2.05) is 13.0 Å². The van der Waals surface area contributed by atoms with E-state index in [-0.39, 0.29) is 18.8 Å². The first-order valence-corrected chi connectivity index (χ1v) is 10.6. The van der Waals surface area contributed by atoms with Crippen molar-refractivity contribution in [1.82, 2.24) is 15.6 Å². The number of anilines is 2. The molecule has 0 aliphatic rings. The molecule has 3 rings (SSSR count). The number of carbonyl (C=O) groups is 2. The SMILES string of the molecule is Cc1ccc(Cl)cc1Nc1nc(C(=O)NCC(=O)NCc2cccc(C(F)(F)F)c2)cs1. The summed E-state index contributed by atoms with van der Waals surface area (Å²) in [7, 11) is 0. The lowest BCUT2D eigenvalue weighted by Gasteiger charge is -2.10. The van der Waals surface area contributed by atoms with Gasteiger partial charge in [0.15, 0.2) is 5.13 Å². The molecule has 1 heterocycles. The quantitative estimate of drug-likeness (QED) is 0.446. The fraction of sp³-hybridized carbons (Fsp3) is 0.190. The Morgan fingerprint density at radius 3 is 2.66 bits per heavy atom. The first-order chi connectivity index (χ1) is 15.1. The van der Waals surface area contributed by atoms with Crippen LogP contribution < -0.4 is 16.0 Å². The van der Waals surface area contributed by atoms with Gasteiger partial charge in [0.25, 0.3) is 5.91 Å². The fourth-order valence-corrected chi connectivity index (χ4v) is 3.53. The monoisotopic (exact) mass is 482 g/mol. The molecule has 2 amide bonds. The molecule has 0 spiro atoms. The summed E-state index contributed by atoms with van der Waals surface area (Å²) in [5.41, 5.74) is 1.34. The molecule has 0 aliphatic carbocycles. The number of aromatic nitrogens is 1. The van der Waals surface area contributed by atoms with E-state index < -0.39 is 23.6 Å². The minimum atomic E-state index is -4.46. The van der Waals surface area contributed by atoms with Gasteiger partial charge >= 0.3 is 6.18 Å². The highest BCUT2D eigenvalue weighted by Crippen LogP contribution is 2.29. The minimum Gasteiger partial charge on any atom is -0.350 e. The van der Waals surface area contributed by atoms with E-state index in [0.717, 1.165) is 23.4 Å². The van der Waals surface area contributed by atoms with Gasteiger partial charge in [-0.3, -0.25) is 9.59 Å². The van der Waals surface area contributed by atoms with E-state index >= 15 is 0 Å². The molecule has 11 heteroatoms. The summed E-state index contributed by atoms with van der Waals surface area (Å²) in [4.78, 5) is 28.4. The Morgan fingerprint density at radius 2 is 1.91 bits per heavy atom. The second kappa shape index (κ2) is 10.0. The number of hydrogen-bond donors (Lipinski definition) is 3. The van der Waals surface area contributed by atoms with E-state index in [2.05, 4.69) is 20.9 Å². The number of halogens is 4. The summed E-state index contributed by atoms with van der Waals surface area (Å²) in [6, 6.07) is 10.0. The van der Waals surface area contributed by atoms with Gasteiger partial charge < -0.3 is 16.0 Å². The minimum absolute atomic E-state index is 0.0949. The molecule has 0 unspecified atom stereocenters. The molecule has 0 saturated carbocycles. The molecule has 0 saturated heterocycles. The largest absolute Gasteiger partial charge is 0.416 e. The predicted molar refractivity (Wildman–Crippen MR) is 117 cm³/mol. The first-order valence-electron chi connectivity index (χ1n) is 9.31. The lowest BCUT2D eigenvalue weighted by atomic mass is 10.1. The Kier molecular flexibility index (Phi) is 7.37. The predicted octanol–water partition coefficient (Wildman–Crippen LogP) is 4.91. The van der Waals surface area contributed by atoms with Crippen LogP contribution in [0.2, 0.25) is 5.02 Å². The molecule has 32 heavy (non-hydrogen) atoms. The van der Waals surface area contributed by atoms with E-state index in [1.54, 1.807) is 12.1 Å². The Balaban J connectivity index is 1.49. The zero-order chi connectivity index (χ0) is 23.3. The lowest BCUT2D eigenvalue weighted by Crippen LogP contribution is -2.36. The standard InChI is InChI=1S/C21H18ClF3N4O2S/c1-12-5-6-15(22)8-16(12)28-20-29-17(11-32-20)19(31)27-10-18(30)26-9-13-3-2-4-14(7-13)21(23,24)25/h2-8,11H,9-10H2,1H3,(H,26,30)(H,27,31)(H,28,29). The van der Waals surface area contributed by atoms with Crippen molar-refractivity contribution in [1.29, 1.82) is 0 Å². The Labute approximate surface area is 190 Å². The van der Waals surface area contributed by atoms with Crippen LogP contribution in [-0.4, -0.2) is 23.3 Å². The van der Waals surface area contributed by atoms with E-state index in [9.17, 15) is 22.8 Å². The molecule has 0 atom stereocenters. The smallest absolute Gasteiger partial charge is 0.350 e. The third-order valence-corrected chi connectivity index (χ3v) is 5.32. The average molecular weight is 483 g/mol. The van der Waals surface area contributed by atoms with Gasteiger partial charge in [-0.1, -0.05) is 29.8 Å². The number of hydrogen-bond acceptors (Lipinski definition) is 5. The van der Waals surface area contributed by atoms with Crippen molar-refractivity contribution in [3.63, 3.8) is 0 Å². The first kappa shape index (κ1) is 23.6. The van der Waals surface area contributed by atoms with Crippen LogP contribution >= 0.6 is 22.9 Å². The molecular weight excluding hydrogens is 465 g/mol. The van der Waals surface area contributed by atoms with Crippen molar-refractivity contribution in [3.05, 3.63) is 75.3 Å². The Hall–Kier alpha value is -3.11. The zero-order valence-corrected chi connectivity index (χ0v) is 18.3. The van der Waals surface area contributed by atoms with E-state index in [0.29, 0.717) is 15.7 Å². The highest BCUT2D eigenvalue weighted by molar-refractivity contribution is 7.14. The fourth-order valence-electron chi connectivity index (χ4n) is 2.65. The van der Waals surface area contributed by atoms with Crippen LogP contribution in [0, 0.1) is 6.92 Å². The molecule has 0 aliphatic heterocycles. The maximum Gasteiger partial charge on any atom is 0.416 e. The van der Waals surface area contributed by atoms with Gasteiger partial charge in [0.05, 0.1) is 12.1 Å². The number of rotatable bonds is 7. The maximum atomic E-state index is 12.7. The van der Waals surface area contributed by atoms with Gasteiger partial charge in [-0.15, -0.1) is 11.3 Å². The van der Waals surface area contributed by atoms with Crippen molar-refractivity contribution in [3.8, 4) is 0 Å². The van der Waals surface area contributed by atoms with E-state index in [1.165, 1.54) is 28.8 Å². The van der Waals surface area contributed by atoms with Crippen LogP contribution in [0.3, 0.4) is 0 Å². The van der Waals surface area contributed by atoms with Crippen molar-refractivity contribution in [2.24, 2.45) is 0 Å². The number of alkyl halides is 3. The Morgan fingerprint density at radius 1 is 1.12 bits per heavy atom. The number of carbonyl (C=O) groups excluding carboxylic acids is 2. The van der Waals surface area contributed by atoms with Gasteiger partial charge in [0, 0.05) is 22.6 Å². The van der Waals surface area contributed by atoms with Gasteiger partial charge in [0.2, 0.25) is 5.91 Å². The van der Waals surface area contributed by atoms with Crippen molar-refractivity contribution < 1.29 is 22.8 Å².